The quantitative estimate of drug-likeness (QED) is 0.535. The van der Waals surface area contributed by atoms with Crippen molar-refractivity contribution in [3.05, 3.63) is 36.2 Å². The SMILES string of the molecule is CNc1cc2nc3c1ncn3C(=O)N[C@@H]1CC[C@H]1OCc1cc(cc(N3C[C@@H]4C[C@H]3CO4)c1)N2. The third kappa shape index (κ3) is 3.20. The molecule has 6 bridgehead atoms. The summed E-state index contributed by atoms with van der Waals surface area (Å²) in [6.45, 7) is 2.19. The van der Waals surface area contributed by atoms with Gasteiger partial charge in [-0.1, -0.05) is 0 Å². The minimum atomic E-state index is -0.239. The molecule has 1 saturated carbocycles. The molecule has 10 nitrogen and oxygen atoms in total. The summed E-state index contributed by atoms with van der Waals surface area (Å²) in [6, 6.07) is 8.58. The van der Waals surface area contributed by atoms with E-state index in [2.05, 4.69) is 44.0 Å². The standard InChI is InChI=1S/C24H27N7O3/c1-25-19-8-21-27-14-4-13(5-15(6-14)30-9-17-7-16(30)11-33-17)10-34-20-3-2-18(20)28-24(32)31-12-26-22(19)23(31)29-21/h4-6,8,12,16-18,20H,2-3,7,9-11H2,1H3,(H,28,32)(H2,25,27,29)/t16-,17-,18+,20+/m0/s1. The summed E-state index contributed by atoms with van der Waals surface area (Å²) >= 11 is 0. The molecule has 2 saturated heterocycles. The number of benzene rings is 1. The van der Waals surface area contributed by atoms with Gasteiger partial charge in [-0.3, -0.25) is 0 Å². The second-order valence-electron chi connectivity index (χ2n) is 9.58. The van der Waals surface area contributed by atoms with Crippen molar-refractivity contribution < 1.29 is 14.3 Å². The van der Waals surface area contributed by atoms with Crippen LogP contribution >= 0.6 is 0 Å². The van der Waals surface area contributed by atoms with Crippen LogP contribution in [0.2, 0.25) is 0 Å². The maximum atomic E-state index is 13.0. The average molecular weight is 462 g/mol. The number of hydrogen-bond acceptors (Lipinski definition) is 8. The first kappa shape index (κ1) is 20.0. The molecule has 1 aromatic carbocycles. The Balaban J connectivity index is 1.33. The monoisotopic (exact) mass is 461 g/mol. The second kappa shape index (κ2) is 7.57. The van der Waals surface area contributed by atoms with Crippen LogP contribution in [0.15, 0.2) is 30.6 Å². The van der Waals surface area contributed by atoms with Crippen LogP contribution in [-0.2, 0) is 16.1 Å². The summed E-state index contributed by atoms with van der Waals surface area (Å²) in [4.78, 5) is 24.7. The highest BCUT2D eigenvalue weighted by Crippen LogP contribution is 2.36. The molecule has 3 aromatic rings. The Kier molecular flexibility index (Phi) is 4.46. The molecule has 1 amide bonds. The van der Waals surface area contributed by atoms with Crippen LogP contribution in [0.3, 0.4) is 0 Å². The van der Waals surface area contributed by atoms with Gasteiger partial charge in [-0.2, -0.15) is 0 Å². The fraction of sp³-hybridized carbons (Fsp3) is 0.458. The number of pyridine rings is 1. The highest BCUT2D eigenvalue weighted by atomic mass is 16.5. The fourth-order valence-electron chi connectivity index (χ4n) is 5.52. The Morgan fingerprint density at radius 2 is 2.12 bits per heavy atom. The van der Waals surface area contributed by atoms with E-state index in [0.717, 1.165) is 49.4 Å². The predicted molar refractivity (Wildman–Crippen MR) is 128 cm³/mol. The van der Waals surface area contributed by atoms with Crippen molar-refractivity contribution in [1.82, 2.24) is 19.9 Å². The smallest absolute Gasteiger partial charge is 0.328 e. The molecule has 0 spiro atoms. The van der Waals surface area contributed by atoms with Crippen LogP contribution in [0.25, 0.3) is 11.2 Å². The van der Waals surface area contributed by atoms with Gasteiger partial charge in [0.15, 0.2) is 5.65 Å². The number of hydrogen-bond donors (Lipinski definition) is 3. The van der Waals surface area contributed by atoms with Gasteiger partial charge in [0.05, 0.1) is 43.2 Å². The van der Waals surface area contributed by atoms with E-state index < -0.39 is 0 Å². The molecule has 0 radical (unpaired) electrons. The first-order valence-corrected chi connectivity index (χ1v) is 11.9. The van der Waals surface area contributed by atoms with E-state index in [1.807, 2.05) is 13.1 Å². The zero-order valence-electron chi connectivity index (χ0n) is 19.0. The van der Waals surface area contributed by atoms with Gasteiger partial charge >= 0.3 is 6.03 Å². The van der Waals surface area contributed by atoms with Crippen LogP contribution in [0.1, 0.15) is 24.8 Å². The number of carbonyl (C=O) groups is 1. The molecule has 1 aliphatic carbocycles. The van der Waals surface area contributed by atoms with Crippen molar-refractivity contribution >= 4 is 40.1 Å². The van der Waals surface area contributed by atoms with E-state index in [4.69, 9.17) is 14.5 Å². The topological polar surface area (TPSA) is 106 Å². The van der Waals surface area contributed by atoms with Crippen molar-refractivity contribution in [2.75, 3.05) is 35.7 Å². The fourth-order valence-corrected chi connectivity index (χ4v) is 5.52. The Morgan fingerprint density at radius 1 is 1.18 bits per heavy atom. The number of fused-ring (bicyclic) bond motifs is 6. The summed E-state index contributed by atoms with van der Waals surface area (Å²) < 4.78 is 13.6. The van der Waals surface area contributed by atoms with Gasteiger partial charge in [0.1, 0.15) is 17.7 Å². The van der Waals surface area contributed by atoms with Gasteiger partial charge < -0.3 is 30.3 Å². The highest BCUT2D eigenvalue weighted by Gasteiger charge is 2.39. The number of amides is 1. The second-order valence-corrected chi connectivity index (χ2v) is 9.58. The predicted octanol–water partition coefficient (Wildman–Crippen LogP) is 2.81. The molecule has 3 aliphatic heterocycles. The van der Waals surface area contributed by atoms with E-state index in [1.165, 1.54) is 16.6 Å². The van der Waals surface area contributed by atoms with E-state index in [1.54, 1.807) is 0 Å². The lowest BCUT2D eigenvalue weighted by atomic mass is 9.89. The van der Waals surface area contributed by atoms with Gasteiger partial charge in [0.25, 0.3) is 0 Å². The van der Waals surface area contributed by atoms with Crippen molar-refractivity contribution in [3.63, 3.8) is 0 Å². The maximum absolute atomic E-state index is 13.0. The molecular weight excluding hydrogens is 434 g/mol. The van der Waals surface area contributed by atoms with E-state index in [-0.39, 0.29) is 18.2 Å². The van der Waals surface area contributed by atoms with Gasteiger partial charge in [-0.15, -0.1) is 0 Å². The normalized spacial score (nSPS) is 27.7. The van der Waals surface area contributed by atoms with Crippen LogP contribution in [0, 0.1) is 0 Å². The zero-order chi connectivity index (χ0) is 22.8. The van der Waals surface area contributed by atoms with Gasteiger partial charge in [-0.05, 0) is 43.0 Å². The van der Waals surface area contributed by atoms with Crippen molar-refractivity contribution in [1.29, 1.82) is 0 Å². The number of imidazole rings is 1. The molecule has 10 heteroatoms. The maximum Gasteiger partial charge on any atom is 0.328 e. The van der Waals surface area contributed by atoms with Crippen LogP contribution in [-0.4, -0.2) is 65.1 Å². The van der Waals surface area contributed by atoms with E-state index in [0.29, 0.717) is 35.7 Å². The number of anilines is 4. The largest absolute Gasteiger partial charge is 0.386 e. The minimum Gasteiger partial charge on any atom is -0.386 e. The molecule has 3 fully saturated rings. The summed E-state index contributed by atoms with van der Waals surface area (Å²) in [5.74, 6) is 0.639. The average Bonchev–Trinajstić information content (AvgIpc) is 3.56. The van der Waals surface area contributed by atoms with Gasteiger partial charge in [-0.25, -0.2) is 19.3 Å². The molecule has 34 heavy (non-hydrogen) atoms. The lowest BCUT2D eigenvalue weighted by Crippen LogP contribution is -2.52. The first-order chi connectivity index (χ1) is 16.6. The van der Waals surface area contributed by atoms with E-state index in [9.17, 15) is 4.79 Å². The third-order valence-corrected chi connectivity index (χ3v) is 7.46. The number of ether oxygens (including phenoxy) is 2. The van der Waals surface area contributed by atoms with Crippen LogP contribution in [0.5, 0.6) is 0 Å². The van der Waals surface area contributed by atoms with Crippen LogP contribution in [0.4, 0.5) is 27.7 Å². The van der Waals surface area contributed by atoms with Gasteiger partial charge in [0, 0.05) is 31.0 Å². The summed E-state index contributed by atoms with van der Waals surface area (Å²) in [7, 11) is 1.84. The zero-order valence-corrected chi connectivity index (χ0v) is 19.0. The molecule has 3 N–H and O–H groups in total. The molecule has 5 heterocycles. The molecule has 4 atom stereocenters. The van der Waals surface area contributed by atoms with E-state index >= 15 is 0 Å². The number of nitrogens with one attached hydrogen (secondary N) is 3. The molecule has 176 valence electrons. The minimum absolute atomic E-state index is 0.00525. The molecule has 7 rings (SSSR count). The lowest BCUT2D eigenvalue weighted by Gasteiger charge is -2.37. The van der Waals surface area contributed by atoms with Crippen molar-refractivity contribution in [3.8, 4) is 0 Å². The Bertz CT molecular complexity index is 1290. The Labute approximate surface area is 196 Å². The molecular formula is C24H27N7O3. The van der Waals surface area contributed by atoms with Crippen molar-refractivity contribution in [2.24, 2.45) is 0 Å². The first-order valence-electron chi connectivity index (χ1n) is 11.9. The number of rotatable bonds is 2. The summed E-state index contributed by atoms with van der Waals surface area (Å²) in [5.41, 5.74) is 5.17. The molecule has 4 aliphatic rings. The Hall–Kier alpha value is -3.37. The highest BCUT2D eigenvalue weighted by molar-refractivity contribution is 5.94. The third-order valence-electron chi connectivity index (χ3n) is 7.46. The van der Waals surface area contributed by atoms with Crippen LogP contribution < -0.4 is 20.9 Å². The van der Waals surface area contributed by atoms with Crippen molar-refractivity contribution in [2.45, 2.75) is 50.2 Å². The number of nitrogens with zero attached hydrogens (tertiary/aromatic N) is 4. The molecule has 0 unspecified atom stereocenters. The Morgan fingerprint density at radius 3 is 2.88 bits per heavy atom. The number of carbonyl (C=O) groups excluding carboxylic acids is 1. The molecule has 2 aromatic heterocycles. The lowest BCUT2D eigenvalue weighted by molar-refractivity contribution is -0.0323. The number of morpholine rings is 1. The summed E-state index contributed by atoms with van der Waals surface area (Å²) in [5, 5.41) is 9.75. The number of aromatic nitrogens is 3. The van der Waals surface area contributed by atoms with Gasteiger partial charge in [0.2, 0.25) is 0 Å². The summed E-state index contributed by atoms with van der Waals surface area (Å²) in [6.07, 6.45) is 4.75.